The Morgan fingerprint density at radius 2 is 1.73 bits per heavy atom. The van der Waals surface area contributed by atoms with Crippen LogP contribution in [0.3, 0.4) is 0 Å². The maximum Gasteiger partial charge on any atom is 0.161 e. The number of hydrogen-bond acceptors (Lipinski definition) is 3. The molecule has 0 fully saturated rings. The SMILES string of the molecule is CC[C@H](O)[C@H](C)C(OC)OC. The van der Waals surface area contributed by atoms with E-state index in [1.165, 1.54) is 0 Å². The van der Waals surface area contributed by atoms with E-state index in [1.54, 1.807) is 14.2 Å². The van der Waals surface area contributed by atoms with Crippen molar-refractivity contribution in [1.29, 1.82) is 0 Å². The van der Waals surface area contributed by atoms with E-state index in [1.807, 2.05) is 13.8 Å². The highest BCUT2D eigenvalue weighted by Crippen LogP contribution is 2.14. The fourth-order valence-electron chi connectivity index (χ4n) is 1.08. The minimum atomic E-state index is -0.347. The molecule has 0 aliphatic heterocycles. The summed E-state index contributed by atoms with van der Waals surface area (Å²) in [6, 6.07) is 0. The lowest BCUT2D eigenvalue weighted by Gasteiger charge is -2.24. The van der Waals surface area contributed by atoms with E-state index in [9.17, 15) is 5.11 Å². The molecule has 0 aromatic rings. The molecule has 0 spiro atoms. The minimum absolute atomic E-state index is 0.0231. The van der Waals surface area contributed by atoms with E-state index in [0.717, 1.165) is 6.42 Å². The van der Waals surface area contributed by atoms with Gasteiger partial charge in [0, 0.05) is 20.1 Å². The maximum atomic E-state index is 9.40. The Balaban J connectivity index is 3.86. The summed E-state index contributed by atoms with van der Waals surface area (Å²) < 4.78 is 10.0. The topological polar surface area (TPSA) is 38.7 Å². The molecule has 0 unspecified atom stereocenters. The Kier molecular flexibility index (Phi) is 5.46. The normalized spacial score (nSPS) is 16.9. The van der Waals surface area contributed by atoms with Crippen molar-refractivity contribution in [2.24, 2.45) is 5.92 Å². The monoisotopic (exact) mass is 162 g/mol. The zero-order chi connectivity index (χ0) is 8.85. The van der Waals surface area contributed by atoms with Crippen molar-refractivity contribution in [2.45, 2.75) is 32.7 Å². The molecule has 0 rings (SSSR count). The molecule has 0 aromatic carbocycles. The van der Waals surface area contributed by atoms with Crippen LogP contribution in [0.4, 0.5) is 0 Å². The van der Waals surface area contributed by atoms with E-state index < -0.39 is 0 Å². The number of aliphatic hydroxyl groups excluding tert-OH is 1. The molecular weight excluding hydrogens is 144 g/mol. The molecule has 0 bridgehead atoms. The fourth-order valence-corrected chi connectivity index (χ4v) is 1.08. The molecule has 0 radical (unpaired) electrons. The summed E-state index contributed by atoms with van der Waals surface area (Å²) in [5, 5.41) is 9.40. The van der Waals surface area contributed by atoms with Crippen molar-refractivity contribution >= 4 is 0 Å². The molecular formula is C8H18O3. The molecule has 0 amide bonds. The van der Waals surface area contributed by atoms with Crippen LogP contribution in [0, 0.1) is 5.92 Å². The highest BCUT2D eigenvalue weighted by Gasteiger charge is 2.22. The second-order valence-electron chi connectivity index (χ2n) is 2.67. The largest absolute Gasteiger partial charge is 0.393 e. The zero-order valence-corrected chi connectivity index (χ0v) is 7.70. The Morgan fingerprint density at radius 1 is 1.27 bits per heavy atom. The second-order valence-corrected chi connectivity index (χ2v) is 2.67. The van der Waals surface area contributed by atoms with Crippen LogP contribution in [-0.4, -0.2) is 31.7 Å². The number of ether oxygens (including phenoxy) is 2. The number of methoxy groups -OCH3 is 2. The summed E-state index contributed by atoms with van der Waals surface area (Å²) >= 11 is 0. The van der Waals surface area contributed by atoms with Crippen LogP contribution in [0.15, 0.2) is 0 Å². The zero-order valence-electron chi connectivity index (χ0n) is 7.70. The Morgan fingerprint density at radius 3 is 2.00 bits per heavy atom. The molecule has 0 aliphatic rings. The first-order chi connectivity index (χ1) is 5.17. The summed E-state index contributed by atoms with van der Waals surface area (Å²) in [7, 11) is 3.15. The summed E-state index contributed by atoms with van der Waals surface area (Å²) in [4.78, 5) is 0. The smallest absolute Gasteiger partial charge is 0.161 e. The van der Waals surface area contributed by atoms with Gasteiger partial charge in [0.15, 0.2) is 6.29 Å². The molecule has 2 atom stereocenters. The van der Waals surface area contributed by atoms with Gasteiger partial charge in [-0.25, -0.2) is 0 Å². The Bertz CT molecular complexity index is 91.3. The van der Waals surface area contributed by atoms with Gasteiger partial charge in [0.05, 0.1) is 6.10 Å². The predicted octanol–water partition coefficient (Wildman–Crippen LogP) is 1.01. The molecule has 3 nitrogen and oxygen atoms in total. The second kappa shape index (κ2) is 5.52. The van der Waals surface area contributed by atoms with E-state index >= 15 is 0 Å². The summed E-state index contributed by atoms with van der Waals surface area (Å²) in [5.74, 6) is 0.0231. The fraction of sp³-hybridized carbons (Fsp3) is 1.00. The first kappa shape index (κ1) is 10.9. The Labute approximate surface area is 68.3 Å². The average Bonchev–Trinajstić information content (AvgIpc) is 2.05. The van der Waals surface area contributed by atoms with Gasteiger partial charge in [0.1, 0.15) is 0 Å². The lowest BCUT2D eigenvalue weighted by Crippen LogP contribution is -2.31. The van der Waals surface area contributed by atoms with Gasteiger partial charge in [-0.05, 0) is 6.42 Å². The van der Waals surface area contributed by atoms with Crippen LogP contribution in [0.2, 0.25) is 0 Å². The summed E-state index contributed by atoms with van der Waals surface area (Å²) in [6.45, 7) is 3.84. The van der Waals surface area contributed by atoms with Crippen LogP contribution in [0.25, 0.3) is 0 Å². The Hall–Kier alpha value is -0.120. The van der Waals surface area contributed by atoms with Gasteiger partial charge in [-0.3, -0.25) is 0 Å². The summed E-state index contributed by atoms with van der Waals surface area (Å²) in [5.41, 5.74) is 0. The third kappa shape index (κ3) is 3.18. The molecule has 0 aliphatic carbocycles. The van der Waals surface area contributed by atoms with Crippen molar-refractivity contribution in [1.82, 2.24) is 0 Å². The summed E-state index contributed by atoms with van der Waals surface area (Å²) in [6.07, 6.45) is 0.0783. The standard InChI is InChI=1S/C8H18O3/c1-5-7(9)6(2)8(10-3)11-4/h6-9H,5H2,1-4H3/t6-,7-/m0/s1. The molecule has 0 aromatic heterocycles. The van der Waals surface area contributed by atoms with Crippen LogP contribution >= 0.6 is 0 Å². The van der Waals surface area contributed by atoms with Crippen LogP contribution in [-0.2, 0) is 9.47 Å². The third-order valence-corrected chi connectivity index (χ3v) is 1.92. The molecule has 1 N–H and O–H groups in total. The molecule has 0 saturated heterocycles. The third-order valence-electron chi connectivity index (χ3n) is 1.92. The molecule has 0 saturated carbocycles. The predicted molar refractivity (Wildman–Crippen MR) is 43.3 cm³/mol. The van der Waals surface area contributed by atoms with Gasteiger partial charge < -0.3 is 14.6 Å². The van der Waals surface area contributed by atoms with Crippen LogP contribution in [0.5, 0.6) is 0 Å². The van der Waals surface area contributed by atoms with Crippen molar-refractivity contribution in [3.05, 3.63) is 0 Å². The number of rotatable bonds is 5. The van der Waals surface area contributed by atoms with Gasteiger partial charge >= 0.3 is 0 Å². The van der Waals surface area contributed by atoms with E-state index in [4.69, 9.17) is 9.47 Å². The van der Waals surface area contributed by atoms with E-state index in [-0.39, 0.29) is 18.3 Å². The first-order valence-corrected chi connectivity index (χ1v) is 3.91. The van der Waals surface area contributed by atoms with Gasteiger partial charge in [-0.2, -0.15) is 0 Å². The van der Waals surface area contributed by atoms with Gasteiger partial charge in [0.2, 0.25) is 0 Å². The highest BCUT2D eigenvalue weighted by atomic mass is 16.7. The molecule has 68 valence electrons. The first-order valence-electron chi connectivity index (χ1n) is 3.91. The number of hydrogen-bond donors (Lipinski definition) is 1. The van der Waals surface area contributed by atoms with E-state index in [0.29, 0.717) is 0 Å². The highest BCUT2D eigenvalue weighted by molar-refractivity contribution is 4.65. The van der Waals surface area contributed by atoms with E-state index in [2.05, 4.69) is 0 Å². The average molecular weight is 162 g/mol. The molecule has 11 heavy (non-hydrogen) atoms. The van der Waals surface area contributed by atoms with Crippen molar-refractivity contribution in [3.8, 4) is 0 Å². The van der Waals surface area contributed by atoms with Crippen molar-refractivity contribution in [2.75, 3.05) is 14.2 Å². The van der Waals surface area contributed by atoms with Crippen LogP contribution < -0.4 is 0 Å². The van der Waals surface area contributed by atoms with Crippen molar-refractivity contribution in [3.63, 3.8) is 0 Å². The quantitative estimate of drug-likeness (QED) is 0.613. The lowest BCUT2D eigenvalue weighted by molar-refractivity contribution is -0.156. The maximum absolute atomic E-state index is 9.40. The molecule has 3 heteroatoms. The molecule has 0 heterocycles. The lowest BCUT2D eigenvalue weighted by atomic mass is 10.0. The number of aliphatic hydroxyl groups is 1. The van der Waals surface area contributed by atoms with Gasteiger partial charge in [-0.15, -0.1) is 0 Å². The van der Waals surface area contributed by atoms with Gasteiger partial charge in [0.25, 0.3) is 0 Å². The minimum Gasteiger partial charge on any atom is -0.393 e. The van der Waals surface area contributed by atoms with Gasteiger partial charge in [-0.1, -0.05) is 13.8 Å². The van der Waals surface area contributed by atoms with Crippen molar-refractivity contribution < 1.29 is 14.6 Å². The van der Waals surface area contributed by atoms with Crippen LogP contribution in [0.1, 0.15) is 20.3 Å².